The first-order chi connectivity index (χ1) is 5.93. The summed E-state index contributed by atoms with van der Waals surface area (Å²) in [6.45, 7) is 2.18. The van der Waals surface area contributed by atoms with Crippen LogP contribution in [0.2, 0.25) is 0 Å². The number of ether oxygens (including phenoxy) is 1. The number of rotatable bonds is 6. The fraction of sp³-hybridized carbons (Fsp3) is 0.667. The minimum Gasteiger partial charge on any atom is -0.746 e. The summed E-state index contributed by atoms with van der Waals surface area (Å²) < 4.78 is 35.8. The number of hydrogen-bond acceptors (Lipinski definition) is 6. The molecule has 0 amide bonds. The van der Waals surface area contributed by atoms with E-state index in [9.17, 15) is 13.0 Å². The molecule has 2 atom stereocenters. The molecule has 0 fully saturated rings. The van der Waals surface area contributed by atoms with E-state index in [0.717, 1.165) is 0 Å². The molecule has 78 valence electrons. The summed E-state index contributed by atoms with van der Waals surface area (Å²) in [5.41, 5.74) is -1.95. The Kier molecular flexibility index (Phi) is 10.5. The van der Waals surface area contributed by atoms with Gasteiger partial charge in [0, 0.05) is 0 Å². The van der Waals surface area contributed by atoms with Gasteiger partial charge in [-0.05, 0) is 0 Å². The fourth-order valence-electron chi connectivity index (χ4n) is 0.636. The van der Waals surface area contributed by atoms with Gasteiger partial charge < -0.3 is 19.5 Å². The van der Waals surface area contributed by atoms with Crippen molar-refractivity contribution in [2.45, 2.75) is 11.5 Å². The van der Waals surface area contributed by atoms with E-state index in [1.165, 1.54) is 6.08 Å². The van der Waals surface area contributed by atoms with E-state index >= 15 is 0 Å². The van der Waals surface area contributed by atoms with Crippen LogP contribution in [0.25, 0.3) is 0 Å². The maximum absolute atomic E-state index is 10.5. The van der Waals surface area contributed by atoms with E-state index in [1.807, 2.05) is 0 Å². The van der Waals surface area contributed by atoms with E-state index in [4.69, 9.17) is 10.2 Å². The van der Waals surface area contributed by atoms with Gasteiger partial charge in [-0.15, -0.1) is 6.58 Å². The Morgan fingerprint density at radius 1 is 1.57 bits per heavy atom. The second-order valence-electron chi connectivity index (χ2n) is 2.23. The molecule has 2 N–H and O–H groups in total. The third-order valence-corrected chi connectivity index (χ3v) is 2.18. The molecule has 0 bridgehead atoms. The van der Waals surface area contributed by atoms with Crippen molar-refractivity contribution in [3.63, 3.8) is 0 Å². The first kappa shape index (κ1) is 17.6. The van der Waals surface area contributed by atoms with Crippen LogP contribution in [-0.4, -0.2) is 47.9 Å². The van der Waals surface area contributed by atoms with Gasteiger partial charge in [-0.1, -0.05) is 6.08 Å². The van der Waals surface area contributed by atoms with Crippen LogP contribution in [-0.2, 0) is 14.9 Å². The van der Waals surface area contributed by atoms with Crippen molar-refractivity contribution in [3.8, 4) is 0 Å². The fourth-order valence-corrected chi connectivity index (χ4v) is 1.35. The summed E-state index contributed by atoms with van der Waals surface area (Å²) in [5, 5.41) is 17.3. The molecule has 0 saturated carbocycles. The van der Waals surface area contributed by atoms with Crippen LogP contribution in [0.1, 0.15) is 0 Å². The molecule has 0 aromatic heterocycles. The summed E-state index contributed by atoms with van der Waals surface area (Å²) in [6.07, 6.45) is -0.509. The van der Waals surface area contributed by atoms with Crippen LogP contribution < -0.4 is 51.4 Å². The average Bonchev–Trinajstić information content (AvgIpc) is 2.02. The molecular weight excluding hydrogens is 239 g/mol. The molecule has 0 aromatic rings. The molecule has 0 aliphatic heterocycles. The van der Waals surface area contributed by atoms with Gasteiger partial charge in [-0.3, -0.25) is 0 Å². The standard InChI is InChI=1S/C6H12O6S.K/c1-2-3-12-6(5(8)4-7)13(9,10)11;/h2,5-8H,1,3-4H2,(H,9,10,11);/q;+1/p-1. The zero-order valence-corrected chi connectivity index (χ0v) is 11.7. The first-order valence-electron chi connectivity index (χ1n) is 3.39. The second kappa shape index (κ2) is 8.33. The summed E-state index contributed by atoms with van der Waals surface area (Å²) >= 11 is 0. The predicted octanol–water partition coefficient (Wildman–Crippen LogP) is -4.58. The molecule has 2 unspecified atom stereocenters. The smallest absolute Gasteiger partial charge is 0.746 e. The second-order valence-corrected chi connectivity index (χ2v) is 3.68. The monoisotopic (exact) mass is 250 g/mol. The summed E-state index contributed by atoms with van der Waals surface area (Å²) in [5.74, 6) is 0. The topological polar surface area (TPSA) is 107 Å². The Morgan fingerprint density at radius 2 is 2.07 bits per heavy atom. The molecule has 0 heterocycles. The van der Waals surface area contributed by atoms with Crippen molar-refractivity contribution in [2.24, 2.45) is 0 Å². The van der Waals surface area contributed by atoms with E-state index in [-0.39, 0.29) is 58.0 Å². The van der Waals surface area contributed by atoms with E-state index in [2.05, 4.69) is 11.3 Å². The van der Waals surface area contributed by atoms with Gasteiger partial charge in [0.15, 0.2) is 5.44 Å². The van der Waals surface area contributed by atoms with Crippen molar-refractivity contribution in [1.82, 2.24) is 0 Å². The molecule has 0 radical (unpaired) electrons. The van der Waals surface area contributed by atoms with Crippen LogP contribution in [0.4, 0.5) is 0 Å². The van der Waals surface area contributed by atoms with Crippen molar-refractivity contribution >= 4 is 10.1 Å². The van der Waals surface area contributed by atoms with Gasteiger partial charge in [0.1, 0.15) is 16.2 Å². The number of aliphatic hydroxyl groups excluding tert-OH is 2. The van der Waals surface area contributed by atoms with Crippen molar-refractivity contribution in [1.29, 1.82) is 0 Å². The SMILES string of the molecule is C=CCOC(C(O)CO)S(=O)(=O)[O-].[K+]. The van der Waals surface area contributed by atoms with Crippen LogP contribution in [0, 0.1) is 0 Å². The Labute approximate surface area is 125 Å². The molecule has 0 aliphatic rings. The summed E-state index contributed by atoms with van der Waals surface area (Å²) in [6, 6.07) is 0. The predicted molar refractivity (Wildman–Crippen MR) is 42.7 cm³/mol. The summed E-state index contributed by atoms with van der Waals surface area (Å²) in [7, 11) is -4.78. The number of hydrogen-bond donors (Lipinski definition) is 2. The van der Waals surface area contributed by atoms with E-state index in [0.29, 0.717) is 0 Å². The maximum Gasteiger partial charge on any atom is 1.00 e. The molecule has 0 aliphatic carbocycles. The third-order valence-electron chi connectivity index (χ3n) is 1.16. The largest absolute Gasteiger partial charge is 1.00 e. The Balaban J connectivity index is 0. The van der Waals surface area contributed by atoms with Crippen molar-refractivity contribution < 1.29 is 79.3 Å². The van der Waals surface area contributed by atoms with Crippen LogP contribution in [0.3, 0.4) is 0 Å². The minimum atomic E-state index is -4.78. The van der Waals surface area contributed by atoms with Gasteiger partial charge >= 0.3 is 51.4 Å². The van der Waals surface area contributed by atoms with Crippen molar-refractivity contribution in [3.05, 3.63) is 12.7 Å². The quantitative estimate of drug-likeness (QED) is 0.279. The Hall–Kier alpha value is 1.17. The van der Waals surface area contributed by atoms with Gasteiger partial charge in [0.05, 0.1) is 13.2 Å². The van der Waals surface area contributed by atoms with E-state index in [1.54, 1.807) is 0 Å². The molecule has 0 aromatic carbocycles. The van der Waals surface area contributed by atoms with Crippen LogP contribution >= 0.6 is 0 Å². The van der Waals surface area contributed by atoms with Gasteiger partial charge in [-0.2, -0.15) is 0 Å². The van der Waals surface area contributed by atoms with Crippen LogP contribution in [0.15, 0.2) is 12.7 Å². The Bertz CT molecular complexity index is 251. The maximum atomic E-state index is 10.5. The number of aliphatic hydroxyl groups is 2. The molecule has 0 saturated heterocycles. The minimum absolute atomic E-state index is 0. The summed E-state index contributed by atoms with van der Waals surface area (Å²) in [4.78, 5) is 0. The van der Waals surface area contributed by atoms with Gasteiger partial charge in [-0.25, -0.2) is 8.42 Å². The molecule has 0 spiro atoms. The molecule has 14 heavy (non-hydrogen) atoms. The first-order valence-corrected chi connectivity index (χ1v) is 4.86. The molecule has 6 nitrogen and oxygen atoms in total. The van der Waals surface area contributed by atoms with Gasteiger partial charge in [0.2, 0.25) is 0 Å². The molecule has 0 rings (SSSR count). The van der Waals surface area contributed by atoms with Gasteiger partial charge in [0.25, 0.3) is 0 Å². The zero-order chi connectivity index (χ0) is 10.5. The molecular formula is C6H11KO6S. The zero-order valence-electron chi connectivity index (χ0n) is 7.79. The third kappa shape index (κ3) is 6.61. The van der Waals surface area contributed by atoms with Crippen LogP contribution in [0.5, 0.6) is 0 Å². The van der Waals surface area contributed by atoms with E-state index < -0.39 is 28.3 Å². The molecule has 8 heteroatoms. The Morgan fingerprint density at radius 3 is 2.36 bits per heavy atom. The normalized spacial score (nSPS) is 15.4. The average molecular weight is 250 g/mol. The van der Waals surface area contributed by atoms with Crippen molar-refractivity contribution in [2.75, 3.05) is 13.2 Å².